The van der Waals surface area contributed by atoms with E-state index in [4.69, 9.17) is 0 Å². The van der Waals surface area contributed by atoms with Gasteiger partial charge in [0, 0.05) is 6.20 Å². The average Bonchev–Trinajstić information content (AvgIpc) is 3.05. The van der Waals surface area contributed by atoms with Crippen molar-refractivity contribution >= 4 is 11.5 Å². The zero-order valence-corrected chi connectivity index (χ0v) is 14.6. The molecule has 0 saturated carbocycles. The maximum absolute atomic E-state index is 13.0. The van der Waals surface area contributed by atoms with Gasteiger partial charge < -0.3 is 10.3 Å². The summed E-state index contributed by atoms with van der Waals surface area (Å²) in [5.41, 5.74) is 2.34. The Kier molecular flexibility index (Phi) is 4.11. The summed E-state index contributed by atoms with van der Waals surface area (Å²) in [6.45, 7) is 3.76. The third-order valence-electron chi connectivity index (χ3n) is 4.16. The molecule has 4 heterocycles. The van der Waals surface area contributed by atoms with Gasteiger partial charge in [0.15, 0.2) is 17.3 Å². The summed E-state index contributed by atoms with van der Waals surface area (Å²) in [7, 11) is 0. The Morgan fingerprint density at radius 3 is 2.74 bits per heavy atom. The summed E-state index contributed by atoms with van der Waals surface area (Å²) >= 11 is 0. The van der Waals surface area contributed by atoms with Gasteiger partial charge in [-0.15, -0.1) is 5.10 Å². The highest BCUT2D eigenvalue weighted by atomic mass is 19.1. The van der Waals surface area contributed by atoms with Crippen LogP contribution in [-0.2, 0) is 0 Å². The highest BCUT2D eigenvalue weighted by Crippen LogP contribution is 2.22. The van der Waals surface area contributed by atoms with Crippen molar-refractivity contribution in [2.45, 2.75) is 19.9 Å². The van der Waals surface area contributed by atoms with Crippen LogP contribution in [0.15, 0.2) is 47.8 Å². The number of rotatable bonds is 4. The number of nitrogens with zero attached hydrogens (tertiary/aromatic N) is 5. The van der Waals surface area contributed by atoms with Gasteiger partial charge in [-0.3, -0.25) is 4.79 Å². The molecule has 8 nitrogen and oxygen atoms in total. The fourth-order valence-corrected chi connectivity index (χ4v) is 2.77. The summed E-state index contributed by atoms with van der Waals surface area (Å²) in [6, 6.07) is 5.04. The molecular weight excluding hydrogens is 349 g/mol. The van der Waals surface area contributed by atoms with Crippen LogP contribution in [0, 0.1) is 12.7 Å². The van der Waals surface area contributed by atoms with Gasteiger partial charge in [-0.25, -0.2) is 23.9 Å². The Hall–Kier alpha value is -3.62. The standard InChI is InChI=1S/C18H16FN7O/c1-10-6-15-21-9-14(13-4-3-5-20-18(13)27)26(15)25-16(10)24-11(2)17-22-7-12(19)8-23-17/h3-9,11H,1-2H3,(H,20,27)(H,24,25)/t11-/m0/s1. The molecule has 0 aliphatic carbocycles. The lowest BCUT2D eigenvalue weighted by Gasteiger charge is -2.15. The van der Waals surface area contributed by atoms with E-state index in [0.717, 1.165) is 18.0 Å². The lowest BCUT2D eigenvalue weighted by molar-refractivity contribution is 0.604. The first-order valence-electron chi connectivity index (χ1n) is 8.30. The second-order valence-corrected chi connectivity index (χ2v) is 6.13. The van der Waals surface area contributed by atoms with Crippen LogP contribution in [0.4, 0.5) is 10.2 Å². The van der Waals surface area contributed by atoms with E-state index in [-0.39, 0.29) is 11.6 Å². The molecule has 136 valence electrons. The predicted octanol–water partition coefficient (Wildman–Crippen LogP) is 2.50. The van der Waals surface area contributed by atoms with Crippen molar-refractivity contribution in [2.24, 2.45) is 0 Å². The van der Waals surface area contributed by atoms with Crippen LogP contribution in [-0.4, -0.2) is 29.5 Å². The van der Waals surface area contributed by atoms with Crippen molar-refractivity contribution in [1.29, 1.82) is 0 Å². The van der Waals surface area contributed by atoms with Crippen molar-refractivity contribution in [1.82, 2.24) is 29.5 Å². The first-order chi connectivity index (χ1) is 13.0. The van der Waals surface area contributed by atoms with Gasteiger partial charge in [-0.05, 0) is 37.6 Å². The van der Waals surface area contributed by atoms with Crippen molar-refractivity contribution in [3.63, 3.8) is 0 Å². The first kappa shape index (κ1) is 16.8. The Bertz CT molecular complexity index is 1170. The number of nitrogens with one attached hydrogen (secondary N) is 2. The van der Waals surface area contributed by atoms with Crippen molar-refractivity contribution in [2.75, 3.05) is 5.32 Å². The van der Waals surface area contributed by atoms with E-state index >= 15 is 0 Å². The number of H-pyrrole nitrogens is 1. The molecule has 9 heteroatoms. The van der Waals surface area contributed by atoms with Crippen LogP contribution >= 0.6 is 0 Å². The molecule has 0 amide bonds. The molecule has 27 heavy (non-hydrogen) atoms. The van der Waals surface area contributed by atoms with E-state index in [1.54, 1.807) is 29.0 Å². The zero-order valence-electron chi connectivity index (χ0n) is 14.6. The molecule has 0 spiro atoms. The molecule has 0 saturated heterocycles. The fraction of sp³-hybridized carbons (Fsp3) is 0.167. The summed E-state index contributed by atoms with van der Waals surface area (Å²) in [6.07, 6.45) is 5.44. The summed E-state index contributed by atoms with van der Waals surface area (Å²) in [5.74, 6) is 0.551. The lowest BCUT2D eigenvalue weighted by Crippen LogP contribution is -2.14. The number of aromatic amines is 1. The second-order valence-electron chi connectivity index (χ2n) is 6.13. The highest BCUT2D eigenvalue weighted by molar-refractivity contribution is 5.63. The minimum atomic E-state index is -0.488. The summed E-state index contributed by atoms with van der Waals surface area (Å²) in [5, 5.41) is 7.82. The van der Waals surface area contributed by atoms with Crippen LogP contribution in [0.2, 0.25) is 0 Å². The molecule has 0 unspecified atom stereocenters. The van der Waals surface area contributed by atoms with Gasteiger partial charge in [-0.2, -0.15) is 0 Å². The number of aromatic nitrogens is 6. The van der Waals surface area contributed by atoms with Gasteiger partial charge in [0.05, 0.1) is 35.9 Å². The van der Waals surface area contributed by atoms with Crippen LogP contribution in [0.5, 0.6) is 0 Å². The minimum absolute atomic E-state index is 0.218. The zero-order chi connectivity index (χ0) is 19.0. The molecule has 0 radical (unpaired) electrons. The number of imidazole rings is 1. The number of hydrogen-bond acceptors (Lipinski definition) is 6. The van der Waals surface area contributed by atoms with Gasteiger partial charge in [0.1, 0.15) is 5.82 Å². The van der Waals surface area contributed by atoms with Crippen LogP contribution in [0.3, 0.4) is 0 Å². The Morgan fingerprint density at radius 1 is 1.22 bits per heavy atom. The number of pyridine rings is 1. The van der Waals surface area contributed by atoms with Crippen molar-refractivity contribution in [3.05, 3.63) is 70.5 Å². The molecule has 0 aliphatic heterocycles. The first-order valence-corrected chi connectivity index (χ1v) is 8.30. The molecule has 4 rings (SSSR count). The normalized spacial score (nSPS) is 12.3. The molecular formula is C18H16FN7O. The summed E-state index contributed by atoms with van der Waals surface area (Å²) in [4.78, 5) is 27.1. The van der Waals surface area contributed by atoms with Gasteiger partial charge >= 0.3 is 0 Å². The second kappa shape index (κ2) is 6.60. The molecule has 1 atom stereocenters. The van der Waals surface area contributed by atoms with Crippen molar-refractivity contribution < 1.29 is 4.39 Å². The van der Waals surface area contributed by atoms with E-state index in [1.165, 1.54) is 0 Å². The maximum atomic E-state index is 13.0. The van der Waals surface area contributed by atoms with E-state index in [1.807, 2.05) is 19.9 Å². The van der Waals surface area contributed by atoms with E-state index in [0.29, 0.717) is 28.5 Å². The Balaban J connectivity index is 1.74. The molecule has 2 N–H and O–H groups in total. The maximum Gasteiger partial charge on any atom is 0.257 e. The molecule has 0 aliphatic rings. The van der Waals surface area contributed by atoms with E-state index in [2.05, 4.69) is 30.4 Å². The number of aryl methyl sites for hydroxylation is 1. The van der Waals surface area contributed by atoms with E-state index in [9.17, 15) is 9.18 Å². The van der Waals surface area contributed by atoms with E-state index < -0.39 is 5.82 Å². The molecule has 4 aromatic heterocycles. The SMILES string of the molecule is Cc1cc2ncc(-c3ccc[nH]c3=O)n2nc1N[C@@H](C)c1ncc(F)cn1. The Morgan fingerprint density at radius 2 is 2.00 bits per heavy atom. The highest BCUT2D eigenvalue weighted by Gasteiger charge is 2.15. The Labute approximate surface area is 153 Å². The number of anilines is 1. The van der Waals surface area contributed by atoms with Crippen molar-refractivity contribution in [3.8, 4) is 11.3 Å². The third-order valence-corrected chi connectivity index (χ3v) is 4.16. The largest absolute Gasteiger partial charge is 0.359 e. The van der Waals surface area contributed by atoms with Gasteiger partial charge in [0.25, 0.3) is 5.56 Å². The van der Waals surface area contributed by atoms with Gasteiger partial charge in [-0.1, -0.05) is 0 Å². The molecule has 0 bridgehead atoms. The molecule has 4 aromatic rings. The smallest absolute Gasteiger partial charge is 0.257 e. The molecule has 0 fully saturated rings. The topological polar surface area (TPSA) is 101 Å². The lowest BCUT2D eigenvalue weighted by atomic mass is 10.2. The summed E-state index contributed by atoms with van der Waals surface area (Å²) < 4.78 is 14.6. The number of hydrogen-bond donors (Lipinski definition) is 2. The number of fused-ring (bicyclic) bond motifs is 1. The fourth-order valence-electron chi connectivity index (χ4n) is 2.77. The quantitative estimate of drug-likeness (QED) is 0.576. The van der Waals surface area contributed by atoms with Crippen LogP contribution in [0.1, 0.15) is 24.4 Å². The van der Waals surface area contributed by atoms with Crippen LogP contribution in [0.25, 0.3) is 16.9 Å². The third kappa shape index (κ3) is 3.14. The van der Waals surface area contributed by atoms with Crippen LogP contribution < -0.4 is 10.9 Å². The number of halogens is 1. The minimum Gasteiger partial charge on any atom is -0.359 e. The monoisotopic (exact) mass is 365 g/mol. The average molecular weight is 365 g/mol. The van der Waals surface area contributed by atoms with Gasteiger partial charge in [0.2, 0.25) is 0 Å². The predicted molar refractivity (Wildman–Crippen MR) is 97.8 cm³/mol. The molecule has 0 aromatic carbocycles.